The van der Waals surface area contributed by atoms with E-state index in [1.807, 2.05) is 0 Å². The summed E-state index contributed by atoms with van der Waals surface area (Å²) in [5.74, 6) is -1.23. The molecular formula is C9H4BrFN2O3S. The highest BCUT2D eigenvalue weighted by Gasteiger charge is 2.21. The highest BCUT2D eigenvalue weighted by molar-refractivity contribution is 9.10. The number of rotatable bonds is 3. The average molecular weight is 319 g/mol. The molecule has 0 bridgehead atoms. The molecule has 5 nitrogen and oxygen atoms in total. The molecule has 17 heavy (non-hydrogen) atoms. The minimum atomic E-state index is -0.800. The fourth-order valence-corrected chi connectivity index (χ4v) is 2.21. The average Bonchev–Trinajstić information content (AvgIpc) is 2.67. The molecule has 0 aliphatic rings. The van der Waals surface area contributed by atoms with E-state index in [4.69, 9.17) is 4.74 Å². The van der Waals surface area contributed by atoms with Gasteiger partial charge >= 0.3 is 5.69 Å². The van der Waals surface area contributed by atoms with E-state index >= 15 is 0 Å². The zero-order chi connectivity index (χ0) is 12.4. The molecule has 0 unspecified atom stereocenters. The Kier molecular flexibility index (Phi) is 3.34. The smallest absolute Gasteiger partial charge is 0.314 e. The van der Waals surface area contributed by atoms with Crippen LogP contribution in [0.1, 0.15) is 0 Å². The lowest BCUT2D eigenvalue weighted by molar-refractivity contribution is -0.385. The Bertz CT molecular complexity index is 575. The van der Waals surface area contributed by atoms with Crippen molar-refractivity contribution >= 4 is 33.0 Å². The van der Waals surface area contributed by atoms with Gasteiger partial charge in [0.05, 0.1) is 4.92 Å². The maximum atomic E-state index is 13.4. The molecule has 0 atom stereocenters. The van der Waals surface area contributed by atoms with Crippen molar-refractivity contribution in [2.45, 2.75) is 0 Å². The Labute approximate surface area is 107 Å². The van der Waals surface area contributed by atoms with Gasteiger partial charge in [-0.3, -0.25) is 10.1 Å². The Morgan fingerprint density at radius 1 is 1.53 bits per heavy atom. The molecule has 0 N–H and O–H groups in total. The van der Waals surface area contributed by atoms with Crippen molar-refractivity contribution in [1.82, 2.24) is 4.98 Å². The van der Waals surface area contributed by atoms with Crippen LogP contribution in [0.4, 0.5) is 10.1 Å². The third kappa shape index (κ3) is 2.59. The van der Waals surface area contributed by atoms with E-state index in [1.54, 1.807) is 5.38 Å². The molecule has 0 amide bonds. The molecule has 1 aromatic heterocycles. The van der Waals surface area contributed by atoms with Gasteiger partial charge < -0.3 is 4.74 Å². The number of nitrogens with zero attached hydrogens (tertiary/aromatic N) is 2. The lowest BCUT2D eigenvalue weighted by Gasteiger charge is -2.03. The van der Waals surface area contributed by atoms with E-state index in [0.717, 1.165) is 17.4 Å². The molecule has 0 aliphatic carbocycles. The second kappa shape index (κ2) is 4.76. The summed E-state index contributed by atoms with van der Waals surface area (Å²) in [6, 6.07) is 3.50. The number of thiazole rings is 1. The van der Waals surface area contributed by atoms with Crippen molar-refractivity contribution in [3.05, 3.63) is 44.1 Å². The van der Waals surface area contributed by atoms with Crippen molar-refractivity contribution < 1.29 is 14.1 Å². The molecule has 2 rings (SSSR count). The quantitative estimate of drug-likeness (QED) is 0.638. The number of hydrogen-bond donors (Lipinski definition) is 0. The summed E-state index contributed by atoms with van der Waals surface area (Å²) in [4.78, 5) is 13.9. The monoisotopic (exact) mass is 318 g/mol. The molecule has 0 spiro atoms. The van der Waals surface area contributed by atoms with E-state index in [1.165, 1.54) is 12.1 Å². The first-order valence-electron chi connectivity index (χ1n) is 4.29. The fourth-order valence-electron chi connectivity index (χ4n) is 1.12. The number of aromatic nitrogens is 1. The minimum absolute atomic E-state index is 0.130. The molecule has 0 aliphatic heterocycles. The first-order valence-corrected chi connectivity index (χ1v) is 5.97. The molecular weight excluding hydrogens is 315 g/mol. The van der Waals surface area contributed by atoms with E-state index in [-0.39, 0.29) is 5.19 Å². The number of nitro benzene ring substituents is 1. The number of benzene rings is 1. The Hall–Kier alpha value is -1.54. The first-order chi connectivity index (χ1) is 8.08. The third-order valence-corrected chi connectivity index (χ3v) is 3.21. The van der Waals surface area contributed by atoms with Gasteiger partial charge in [-0.25, -0.2) is 4.39 Å². The topological polar surface area (TPSA) is 65.3 Å². The van der Waals surface area contributed by atoms with E-state index in [2.05, 4.69) is 20.9 Å². The summed E-state index contributed by atoms with van der Waals surface area (Å²) in [5, 5.41) is 12.5. The van der Waals surface area contributed by atoms with Gasteiger partial charge in [-0.15, -0.1) is 0 Å². The molecule has 2 aromatic rings. The number of para-hydroxylation sites is 1. The number of ether oxygens (including phenoxy) is 1. The fraction of sp³-hybridized carbons (Fsp3) is 0. The summed E-state index contributed by atoms with van der Waals surface area (Å²) in [6.45, 7) is 0. The minimum Gasteiger partial charge on any atom is -0.420 e. The highest BCUT2D eigenvalue weighted by atomic mass is 79.9. The summed E-state index contributed by atoms with van der Waals surface area (Å²) < 4.78 is 19.0. The maximum absolute atomic E-state index is 13.4. The van der Waals surface area contributed by atoms with Gasteiger partial charge in [0.15, 0.2) is 5.82 Å². The van der Waals surface area contributed by atoms with Gasteiger partial charge in [0.2, 0.25) is 5.75 Å². The van der Waals surface area contributed by atoms with Gasteiger partial charge in [0.1, 0.15) is 4.60 Å². The van der Waals surface area contributed by atoms with Gasteiger partial charge in [-0.05, 0) is 22.0 Å². The number of halogens is 2. The molecule has 0 saturated carbocycles. The molecule has 8 heteroatoms. The molecule has 0 saturated heterocycles. The second-order valence-electron chi connectivity index (χ2n) is 2.88. The zero-order valence-electron chi connectivity index (χ0n) is 8.09. The van der Waals surface area contributed by atoms with Gasteiger partial charge in [0, 0.05) is 11.4 Å². The van der Waals surface area contributed by atoms with Crippen LogP contribution in [0.5, 0.6) is 10.9 Å². The van der Waals surface area contributed by atoms with Crippen LogP contribution < -0.4 is 4.74 Å². The van der Waals surface area contributed by atoms with Gasteiger partial charge in [0.25, 0.3) is 5.19 Å². The van der Waals surface area contributed by atoms with Gasteiger partial charge in [-0.2, -0.15) is 4.98 Å². The summed E-state index contributed by atoms with van der Waals surface area (Å²) >= 11 is 4.21. The second-order valence-corrected chi connectivity index (χ2v) is 4.52. The van der Waals surface area contributed by atoms with Crippen LogP contribution in [0, 0.1) is 15.9 Å². The molecule has 88 valence electrons. The molecule has 0 fully saturated rings. The number of nitro groups is 1. The van der Waals surface area contributed by atoms with Crippen LogP contribution in [-0.2, 0) is 0 Å². The van der Waals surface area contributed by atoms with Crippen LogP contribution in [0.15, 0.2) is 28.2 Å². The Balaban J connectivity index is 2.40. The van der Waals surface area contributed by atoms with E-state index < -0.39 is 22.2 Å². The lowest BCUT2D eigenvalue weighted by atomic mass is 10.3. The first kappa shape index (κ1) is 11.9. The number of hydrogen-bond acceptors (Lipinski definition) is 5. The highest BCUT2D eigenvalue weighted by Crippen LogP contribution is 2.35. The van der Waals surface area contributed by atoms with Crippen LogP contribution in [0.3, 0.4) is 0 Å². The predicted molar refractivity (Wildman–Crippen MR) is 62.9 cm³/mol. The normalized spacial score (nSPS) is 10.2. The molecule has 1 heterocycles. The zero-order valence-corrected chi connectivity index (χ0v) is 10.5. The van der Waals surface area contributed by atoms with Crippen molar-refractivity contribution in [3.8, 4) is 10.9 Å². The molecule has 1 aromatic carbocycles. The van der Waals surface area contributed by atoms with Gasteiger partial charge in [-0.1, -0.05) is 17.4 Å². The van der Waals surface area contributed by atoms with Crippen LogP contribution in [0.2, 0.25) is 0 Å². The van der Waals surface area contributed by atoms with Crippen LogP contribution in [-0.4, -0.2) is 9.91 Å². The molecule has 0 radical (unpaired) electrons. The SMILES string of the molecule is O=[N+]([O-])c1cccc(F)c1Oc1nc(Br)cs1. The maximum Gasteiger partial charge on any atom is 0.314 e. The van der Waals surface area contributed by atoms with Crippen molar-refractivity contribution in [3.63, 3.8) is 0 Å². The summed E-state index contributed by atoms with van der Waals surface area (Å²) in [6.07, 6.45) is 0. The largest absolute Gasteiger partial charge is 0.420 e. The Morgan fingerprint density at radius 3 is 2.88 bits per heavy atom. The van der Waals surface area contributed by atoms with E-state index in [9.17, 15) is 14.5 Å². The summed E-state index contributed by atoms with van der Waals surface area (Å²) in [7, 11) is 0. The Morgan fingerprint density at radius 2 is 2.29 bits per heavy atom. The van der Waals surface area contributed by atoms with Crippen LogP contribution in [0.25, 0.3) is 0 Å². The van der Waals surface area contributed by atoms with Crippen molar-refractivity contribution in [1.29, 1.82) is 0 Å². The lowest BCUT2D eigenvalue weighted by Crippen LogP contribution is -1.95. The third-order valence-electron chi connectivity index (χ3n) is 1.79. The van der Waals surface area contributed by atoms with Crippen molar-refractivity contribution in [2.24, 2.45) is 0 Å². The standard InChI is InChI=1S/C9H4BrFN2O3S/c10-7-4-17-9(12-7)16-8-5(11)2-1-3-6(8)13(14)15/h1-4H. The van der Waals surface area contributed by atoms with Crippen LogP contribution >= 0.6 is 27.3 Å². The predicted octanol–water partition coefficient (Wildman–Crippen LogP) is 3.75. The van der Waals surface area contributed by atoms with Crippen molar-refractivity contribution in [2.75, 3.05) is 0 Å². The summed E-state index contributed by atoms with van der Waals surface area (Å²) in [5.41, 5.74) is -0.434. The van der Waals surface area contributed by atoms with E-state index in [0.29, 0.717) is 4.60 Å².